The second-order valence-corrected chi connectivity index (χ2v) is 17.2. The van der Waals surface area contributed by atoms with E-state index in [0.717, 1.165) is 73.9 Å². The first-order chi connectivity index (χ1) is 24.5. The van der Waals surface area contributed by atoms with Gasteiger partial charge in [0.25, 0.3) is 0 Å². The molecular weight excluding hydrogens is 687 g/mol. The molecule has 11 rings (SSSR count). The number of piperidine rings is 2. The van der Waals surface area contributed by atoms with Gasteiger partial charge >= 0.3 is 0 Å². The van der Waals surface area contributed by atoms with Crippen LogP contribution in [0, 0.1) is 11.8 Å². The molecule has 2 saturated carbocycles. The molecule has 8 heteroatoms. The van der Waals surface area contributed by atoms with Crippen molar-refractivity contribution in [2.24, 2.45) is 11.8 Å². The zero-order chi connectivity index (χ0) is 33.6. The zero-order valence-electron chi connectivity index (χ0n) is 29.9. The molecule has 2 N–H and O–H groups in total. The topological polar surface area (TPSA) is 46.9 Å². The first-order valence-electron chi connectivity index (χ1n) is 19.2. The lowest BCUT2D eigenvalue weighted by Crippen LogP contribution is -3.00. The van der Waals surface area contributed by atoms with Crippen molar-refractivity contribution < 1.29 is 44.0 Å². The number of halogens is 2. The number of rotatable bonds is 6. The number of hydrogen-bond acceptors (Lipinski definition) is 4. The van der Waals surface area contributed by atoms with Gasteiger partial charge in [0.15, 0.2) is 0 Å². The number of hydrogen-bond donors (Lipinski definition) is 2. The van der Waals surface area contributed by atoms with Gasteiger partial charge in [-0.3, -0.25) is 0 Å². The molecule has 7 heterocycles. The molecule has 272 valence electrons. The standard InChI is InChI=1S/C44H50N4O2.2ClH/c1-3-17-47-19-15-43-35-9-5-7-11-37(35)45-26-34-32-24-40-44(16-20-48(40,18-4-2)28-30(32)14-22-50)36-10-6-8-12-38(36)46(42(34)44)25-33(41(43)45)31(23-39(43)47)29(27-47)13-21-49;;/h3-14,25-26,31-32,39-42,49-50H,1-2,15-24,27-28H2;2*1H/q+2;;/p-2/b29-13-,30-14-,33-25?,34-26?;;/t31-,32-,39-,40-,41-,42-,43+,44+,47-,48-;;/m0../s1. The minimum Gasteiger partial charge on any atom is -1.00 e. The largest absolute Gasteiger partial charge is 1.00 e. The molecule has 2 aromatic carbocycles. The summed E-state index contributed by atoms with van der Waals surface area (Å²) in [4.78, 5) is 5.54. The normalized spacial score (nSPS) is 41.7. The van der Waals surface area contributed by atoms with Gasteiger partial charge in [0.05, 0.1) is 62.3 Å². The van der Waals surface area contributed by atoms with Gasteiger partial charge in [0.2, 0.25) is 0 Å². The lowest BCUT2D eigenvalue weighted by molar-refractivity contribution is -0.937. The third-order valence-corrected chi connectivity index (χ3v) is 15.9. The van der Waals surface area contributed by atoms with Gasteiger partial charge in [-0.05, 0) is 57.7 Å². The minimum atomic E-state index is 0. The average molecular weight is 738 g/mol. The van der Waals surface area contributed by atoms with Gasteiger partial charge in [0, 0.05) is 61.3 Å². The van der Waals surface area contributed by atoms with E-state index in [0.29, 0.717) is 23.9 Å². The molecule has 10 atom stereocenters. The first kappa shape index (κ1) is 34.7. The highest BCUT2D eigenvalue weighted by Gasteiger charge is 2.75. The van der Waals surface area contributed by atoms with E-state index >= 15 is 0 Å². The number of benzene rings is 2. The molecule has 0 radical (unpaired) electrons. The summed E-state index contributed by atoms with van der Waals surface area (Å²) in [5, 5.41) is 20.9. The number of nitrogens with zero attached hydrogens (tertiary/aromatic N) is 4. The van der Waals surface area contributed by atoms with Crippen LogP contribution in [0.5, 0.6) is 0 Å². The molecule has 7 aliphatic heterocycles. The molecular formula is C44H50Cl2N4O2. The summed E-state index contributed by atoms with van der Waals surface area (Å²) in [6, 6.07) is 20.3. The Morgan fingerprint density at radius 2 is 1.10 bits per heavy atom. The Bertz CT molecular complexity index is 1860. The number of quaternary nitrogens is 2. The maximum Gasteiger partial charge on any atom is 0.103 e. The number of aliphatic hydroxyl groups excluding tert-OH is 2. The summed E-state index contributed by atoms with van der Waals surface area (Å²) in [5.41, 5.74) is 11.8. The molecule has 52 heavy (non-hydrogen) atoms. The third kappa shape index (κ3) is 3.82. The van der Waals surface area contributed by atoms with E-state index in [1.807, 2.05) is 0 Å². The van der Waals surface area contributed by atoms with E-state index in [2.05, 4.69) is 108 Å². The summed E-state index contributed by atoms with van der Waals surface area (Å²) in [6.45, 7) is 15.0. The van der Waals surface area contributed by atoms with E-state index in [-0.39, 0.29) is 60.9 Å². The SMILES string of the molecule is C=CC[N@@+]12CC[C@@]34c5ccccc5N5C=C6[C@H]7C[C@H]8[C@@]9(CC[N@@+]8(CC=C)C/C7=C/CO)c7ccccc7N(C=C([C@@H](C[C@@H]31)/C(=C\CO)C2)[C@H]54)[C@@H]69.[Cl-].[Cl-]. The number of fused-ring (bicyclic) bond motifs is 8. The lowest BCUT2D eigenvalue weighted by Gasteiger charge is -2.59. The van der Waals surface area contributed by atoms with Crippen molar-refractivity contribution in [2.75, 3.05) is 62.3 Å². The summed E-state index contributed by atoms with van der Waals surface area (Å²) in [7, 11) is 0. The van der Waals surface area contributed by atoms with Crippen molar-refractivity contribution in [3.8, 4) is 0 Å². The molecule has 4 bridgehead atoms. The smallest absolute Gasteiger partial charge is 0.103 e. The van der Waals surface area contributed by atoms with Gasteiger partial charge in [-0.2, -0.15) is 0 Å². The van der Waals surface area contributed by atoms with Gasteiger partial charge < -0.3 is 53.8 Å². The van der Waals surface area contributed by atoms with Crippen LogP contribution in [0.3, 0.4) is 0 Å². The highest BCUT2D eigenvalue weighted by atomic mass is 35.5. The quantitative estimate of drug-likeness (QED) is 0.310. The Balaban J connectivity index is 0.00000180. The highest BCUT2D eigenvalue weighted by Crippen LogP contribution is 2.69. The van der Waals surface area contributed by atoms with E-state index < -0.39 is 0 Å². The second kappa shape index (κ2) is 11.7. The zero-order valence-corrected chi connectivity index (χ0v) is 31.4. The first-order valence-corrected chi connectivity index (χ1v) is 19.2. The molecule has 0 unspecified atom stereocenters. The van der Waals surface area contributed by atoms with E-state index in [4.69, 9.17) is 0 Å². The number of anilines is 2. The Morgan fingerprint density at radius 1 is 0.673 bits per heavy atom. The summed E-state index contributed by atoms with van der Waals surface area (Å²) in [5.74, 6) is 0.615. The molecule has 6 nitrogen and oxygen atoms in total. The maximum atomic E-state index is 10.5. The Kier molecular flexibility index (Phi) is 7.80. The molecule has 2 spiro atoms. The van der Waals surface area contributed by atoms with Gasteiger partial charge in [-0.15, -0.1) is 0 Å². The third-order valence-electron chi connectivity index (χ3n) is 15.9. The molecule has 0 aromatic heterocycles. The number of para-hydroxylation sites is 2. The minimum absolute atomic E-state index is 0. The Morgan fingerprint density at radius 3 is 1.50 bits per heavy atom. The lowest BCUT2D eigenvalue weighted by atomic mass is 9.56. The van der Waals surface area contributed by atoms with Crippen LogP contribution in [0.1, 0.15) is 36.8 Å². The predicted octanol–water partition coefficient (Wildman–Crippen LogP) is -0.516. The summed E-state index contributed by atoms with van der Waals surface area (Å²) in [6.07, 6.45) is 18.6. The second-order valence-electron chi connectivity index (χ2n) is 17.2. The average Bonchev–Trinajstić information content (AvgIpc) is 3.81. The maximum absolute atomic E-state index is 10.5. The van der Waals surface area contributed by atoms with Crippen molar-refractivity contribution >= 4 is 11.4 Å². The van der Waals surface area contributed by atoms with Gasteiger partial charge in [-0.1, -0.05) is 61.7 Å². The summed E-state index contributed by atoms with van der Waals surface area (Å²) >= 11 is 0. The van der Waals surface area contributed by atoms with Crippen LogP contribution in [0.2, 0.25) is 0 Å². The highest BCUT2D eigenvalue weighted by molar-refractivity contribution is 5.77. The number of aliphatic hydroxyl groups is 2. The monoisotopic (exact) mass is 736 g/mol. The van der Waals surface area contributed by atoms with E-state index in [9.17, 15) is 10.2 Å². The summed E-state index contributed by atoms with van der Waals surface area (Å²) < 4.78 is 2.12. The van der Waals surface area contributed by atoms with Crippen molar-refractivity contribution in [3.05, 3.63) is 132 Å². The van der Waals surface area contributed by atoms with Crippen molar-refractivity contribution in [1.82, 2.24) is 0 Å². The van der Waals surface area contributed by atoms with Gasteiger partial charge in [-0.25, -0.2) is 0 Å². The fourth-order valence-corrected chi connectivity index (χ4v) is 14.6. The Hall–Kier alpha value is -3.10. The van der Waals surface area contributed by atoms with Crippen LogP contribution >= 0.6 is 0 Å². The van der Waals surface area contributed by atoms with Crippen LogP contribution in [0.4, 0.5) is 11.4 Å². The van der Waals surface area contributed by atoms with E-state index in [1.165, 1.54) is 33.6 Å². The van der Waals surface area contributed by atoms with Crippen LogP contribution < -0.4 is 34.6 Å². The molecule has 4 saturated heterocycles. The van der Waals surface area contributed by atoms with Gasteiger partial charge in [0.1, 0.15) is 25.2 Å². The van der Waals surface area contributed by atoms with Crippen LogP contribution in [0.25, 0.3) is 0 Å². The molecule has 0 amide bonds. The Labute approximate surface area is 320 Å². The molecule has 9 aliphatic rings. The van der Waals surface area contributed by atoms with Crippen LogP contribution in [-0.4, -0.2) is 95.8 Å². The van der Waals surface area contributed by atoms with E-state index in [1.54, 1.807) is 11.1 Å². The molecule has 6 fully saturated rings. The fraction of sp³-hybridized carbons (Fsp3) is 0.455. The predicted molar refractivity (Wildman–Crippen MR) is 198 cm³/mol. The van der Waals surface area contributed by atoms with Crippen molar-refractivity contribution in [3.63, 3.8) is 0 Å². The fourth-order valence-electron chi connectivity index (χ4n) is 14.6. The van der Waals surface area contributed by atoms with Crippen LogP contribution in [-0.2, 0) is 10.8 Å². The molecule has 2 aromatic rings. The van der Waals surface area contributed by atoms with Crippen molar-refractivity contribution in [1.29, 1.82) is 0 Å². The van der Waals surface area contributed by atoms with Crippen molar-refractivity contribution in [2.45, 2.75) is 60.7 Å². The van der Waals surface area contributed by atoms with Crippen LogP contribution in [0.15, 0.2) is 121 Å². The molecule has 2 aliphatic carbocycles.